The van der Waals surface area contributed by atoms with E-state index in [-0.39, 0.29) is 0 Å². The van der Waals surface area contributed by atoms with E-state index in [0.717, 1.165) is 24.8 Å². The first kappa shape index (κ1) is 16.9. The molecule has 3 heteroatoms. The van der Waals surface area contributed by atoms with Crippen molar-refractivity contribution < 1.29 is 0 Å². The highest BCUT2D eigenvalue weighted by Gasteiger charge is 2.24. The highest BCUT2D eigenvalue weighted by atomic mass is 32.2. The van der Waals surface area contributed by atoms with Crippen LogP contribution in [-0.4, -0.2) is 41.1 Å². The predicted molar refractivity (Wildman–Crippen MR) is 95.1 cm³/mol. The van der Waals surface area contributed by atoms with Gasteiger partial charge in [-0.2, -0.15) is 11.8 Å². The van der Waals surface area contributed by atoms with E-state index in [1.165, 1.54) is 23.4 Å². The largest absolute Gasteiger partial charge is 0.314 e. The normalized spacial score (nSPS) is 23.7. The molecule has 1 aliphatic rings. The Balaban J connectivity index is 1.84. The SMILES string of the molecule is CC(C)NCCc1ccc(CN2CCSC(C)C2C)cc1. The lowest BCUT2D eigenvalue weighted by Crippen LogP contribution is -2.43. The number of nitrogens with one attached hydrogen (secondary N) is 1. The fourth-order valence-corrected chi connectivity index (χ4v) is 3.93. The average molecular weight is 307 g/mol. The highest BCUT2D eigenvalue weighted by Crippen LogP contribution is 2.25. The smallest absolute Gasteiger partial charge is 0.0237 e. The van der Waals surface area contributed by atoms with Crippen molar-refractivity contribution in [2.75, 3.05) is 18.8 Å². The van der Waals surface area contributed by atoms with E-state index in [1.54, 1.807) is 0 Å². The molecule has 1 N–H and O–H groups in total. The second kappa shape index (κ2) is 8.21. The molecule has 0 aromatic heterocycles. The Kier molecular flexibility index (Phi) is 6.59. The summed E-state index contributed by atoms with van der Waals surface area (Å²) in [4.78, 5) is 2.62. The number of benzene rings is 1. The summed E-state index contributed by atoms with van der Waals surface area (Å²) in [7, 11) is 0. The van der Waals surface area contributed by atoms with E-state index in [2.05, 4.69) is 73.9 Å². The molecular weight excluding hydrogens is 276 g/mol. The third-order valence-corrected chi connectivity index (χ3v) is 5.73. The summed E-state index contributed by atoms with van der Waals surface area (Å²) >= 11 is 2.11. The second-order valence-corrected chi connectivity index (χ2v) is 7.95. The Hall–Kier alpha value is -0.510. The van der Waals surface area contributed by atoms with Gasteiger partial charge in [0.1, 0.15) is 0 Å². The van der Waals surface area contributed by atoms with Gasteiger partial charge in [0.05, 0.1) is 0 Å². The minimum absolute atomic E-state index is 0.574. The molecular formula is C18H30N2S. The van der Waals surface area contributed by atoms with Crippen LogP contribution in [0.4, 0.5) is 0 Å². The number of rotatable bonds is 6. The predicted octanol–water partition coefficient (Wildman–Crippen LogP) is 3.55. The van der Waals surface area contributed by atoms with Gasteiger partial charge in [-0.1, -0.05) is 45.0 Å². The van der Waals surface area contributed by atoms with Crippen molar-refractivity contribution in [2.24, 2.45) is 0 Å². The Labute approximate surface area is 134 Å². The van der Waals surface area contributed by atoms with Crippen molar-refractivity contribution in [3.8, 4) is 0 Å². The zero-order chi connectivity index (χ0) is 15.2. The minimum Gasteiger partial charge on any atom is -0.314 e. The first-order valence-electron chi connectivity index (χ1n) is 8.23. The van der Waals surface area contributed by atoms with Crippen LogP contribution < -0.4 is 5.32 Å². The van der Waals surface area contributed by atoms with Crippen LogP contribution >= 0.6 is 11.8 Å². The van der Waals surface area contributed by atoms with E-state index < -0.39 is 0 Å². The molecule has 1 heterocycles. The molecule has 0 spiro atoms. The van der Waals surface area contributed by atoms with Crippen molar-refractivity contribution >= 4 is 11.8 Å². The molecule has 0 amide bonds. The third-order valence-electron chi connectivity index (χ3n) is 4.39. The van der Waals surface area contributed by atoms with Crippen molar-refractivity contribution in [1.29, 1.82) is 0 Å². The molecule has 0 radical (unpaired) electrons. The maximum atomic E-state index is 3.47. The van der Waals surface area contributed by atoms with Crippen LogP contribution in [0.25, 0.3) is 0 Å². The van der Waals surface area contributed by atoms with Crippen molar-refractivity contribution in [1.82, 2.24) is 10.2 Å². The van der Waals surface area contributed by atoms with Crippen LogP contribution in [0.5, 0.6) is 0 Å². The van der Waals surface area contributed by atoms with Crippen LogP contribution in [0, 0.1) is 0 Å². The molecule has 1 fully saturated rings. The Morgan fingerprint density at radius 1 is 1.19 bits per heavy atom. The molecule has 1 aliphatic heterocycles. The van der Waals surface area contributed by atoms with Crippen LogP contribution in [0.15, 0.2) is 24.3 Å². The van der Waals surface area contributed by atoms with Gasteiger partial charge in [-0.3, -0.25) is 4.90 Å². The highest BCUT2D eigenvalue weighted by molar-refractivity contribution is 8.00. The summed E-state index contributed by atoms with van der Waals surface area (Å²) in [5.41, 5.74) is 2.88. The summed E-state index contributed by atoms with van der Waals surface area (Å²) in [6.07, 6.45) is 1.12. The first-order valence-corrected chi connectivity index (χ1v) is 9.28. The Bertz CT molecular complexity index is 416. The molecule has 118 valence electrons. The lowest BCUT2D eigenvalue weighted by molar-refractivity contribution is 0.204. The first-order chi connectivity index (χ1) is 10.1. The third kappa shape index (κ3) is 5.32. The van der Waals surface area contributed by atoms with Crippen molar-refractivity contribution in [3.05, 3.63) is 35.4 Å². The fourth-order valence-electron chi connectivity index (χ4n) is 2.77. The van der Waals surface area contributed by atoms with Gasteiger partial charge in [0, 0.05) is 36.2 Å². The van der Waals surface area contributed by atoms with E-state index in [4.69, 9.17) is 0 Å². The number of hydrogen-bond acceptors (Lipinski definition) is 3. The van der Waals surface area contributed by atoms with Gasteiger partial charge >= 0.3 is 0 Å². The topological polar surface area (TPSA) is 15.3 Å². The average Bonchev–Trinajstić information content (AvgIpc) is 2.45. The van der Waals surface area contributed by atoms with Gasteiger partial charge in [0.15, 0.2) is 0 Å². The van der Waals surface area contributed by atoms with Crippen LogP contribution in [0.2, 0.25) is 0 Å². The van der Waals surface area contributed by atoms with Gasteiger partial charge in [0.2, 0.25) is 0 Å². The van der Waals surface area contributed by atoms with Gasteiger partial charge < -0.3 is 5.32 Å². The fraction of sp³-hybridized carbons (Fsp3) is 0.667. The van der Waals surface area contributed by atoms with Crippen LogP contribution in [0.1, 0.15) is 38.8 Å². The van der Waals surface area contributed by atoms with Crippen LogP contribution in [0.3, 0.4) is 0 Å². The molecule has 1 aromatic rings. The molecule has 2 nitrogen and oxygen atoms in total. The van der Waals surface area contributed by atoms with E-state index in [0.29, 0.717) is 12.1 Å². The molecule has 2 atom stereocenters. The lowest BCUT2D eigenvalue weighted by atomic mass is 10.1. The quantitative estimate of drug-likeness (QED) is 0.865. The van der Waals surface area contributed by atoms with E-state index >= 15 is 0 Å². The molecule has 0 bridgehead atoms. The molecule has 21 heavy (non-hydrogen) atoms. The second-order valence-electron chi connectivity index (χ2n) is 6.46. The summed E-state index contributed by atoms with van der Waals surface area (Å²) in [6.45, 7) is 12.5. The molecule has 1 aromatic carbocycles. The molecule has 2 rings (SSSR count). The molecule has 1 saturated heterocycles. The van der Waals surface area contributed by atoms with Gasteiger partial charge in [-0.25, -0.2) is 0 Å². The number of thioether (sulfide) groups is 1. The van der Waals surface area contributed by atoms with Crippen molar-refractivity contribution in [3.63, 3.8) is 0 Å². The van der Waals surface area contributed by atoms with E-state index in [1.807, 2.05) is 0 Å². The summed E-state index contributed by atoms with van der Waals surface area (Å²) in [6, 6.07) is 10.5. The maximum Gasteiger partial charge on any atom is 0.0237 e. The zero-order valence-corrected chi connectivity index (χ0v) is 14.7. The minimum atomic E-state index is 0.574. The number of hydrogen-bond donors (Lipinski definition) is 1. The standard InChI is InChI=1S/C18H30N2S/c1-14(2)19-10-9-17-5-7-18(8-6-17)13-20-11-12-21-16(4)15(20)3/h5-8,14-16,19H,9-13H2,1-4H3. The lowest BCUT2D eigenvalue weighted by Gasteiger charge is -2.37. The van der Waals surface area contributed by atoms with Gasteiger partial charge in [0.25, 0.3) is 0 Å². The Morgan fingerprint density at radius 2 is 1.86 bits per heavy atom. The molecule has 0 aliphatic carbocycles. The van der Waals surface area contributed by atoms with Gasteiger partial charge in [-0.05, 0) is 31.0 Å². The zero-order valence-electron chi connectivity index (χ0n) is 13.9. The van der Waals surface area contributed by atoms with Crippen molar-refractivity contribution in [2.45, 2.75) is 58.0 Å². The summed E-state index contributed by atoms with van der Waals surface area (Å²) in [5, 5.41) is 4.22. The Morgan fingerprint density at radius 3 is 2.52 bits per heavy atom. The van der Waals surface area contributed by atoms with E-state index in [9.17, 15) is 0 Å². The number of nitrogens with zero attached hydrogens (tertiary/aromatic N) is 1. The molecule has 0 saturated carbocycles. The van der Waals surface area contributed by atoms with Crippen LogP contribution in [-0.2, 0) is 13.0 Å². The monoisotopic (exact) mass is 306 g/mol. The summed E-state index contributed by atoms with van der Waals surface area (Å²) < 4.78 is 0. The summed E-state index contributed by atoms with van der Waals surface area (Å²) in [5.74, 6) is 1.27. The van der Waals surface area contributed by atoms with Gasteiger partial charge in [-0.15, -0.1) is 0 Å². The maximum absolute atomic E-state index is 3.47. The molecule has 2 unspecified atom stereocenters.